The van der Waals surface area contributed by atoms with Crippen LogP contribution in [-0.2, 0) is 0 Å². The summed E-state index contributed by atoms with van der Waals surface area (Å²) in [6.07, 6.45) is 0. The summed E-state index contributed by atoms with van der Waals surface area (Å²) in [5.41, 5.74) is 2.30. The van der Waals surface area contributed by atoms with E-state index in [1.54, 1.807) is 0 Å². The molecule has 0 spiro atoms. The van der Waals surface area contributed by atoms with E-state index in [2.05, 4.69) is 0 Å². The number of thiocarbonyl (C=S) groups is 1. The first-order chi connectivity index (χ1) is 5.24. The monoisotopic (exact) mass is 184 g/mol. The van der Waals surface area contributed by atoms with Gasteiger partial charge in [0.25, 0.3) is 0 Å². The van der Waals surface area contributed by atoms with E-state index in [-0.39, 0.29) is 0 Å². The van der Waals surface area contributed by atoms with Crippen LogP contribution in [0.3, 0.4) is 0 Å². The van der Waals surface area contributed by atoms with Crippen molar-refractivity contribution in [1.82, 2.24) is 0 Å². The van der Waals surface area contributed by atoms with Crippen LogP contribution in [0.25, 0.3) is 0 Å². The van der Waals surface area contributed by atoms with Crippen molar-refractivity contribution in [3.8, 4) is 0 Å². The van der Waals surface area contributed by atoms with Gasteiger partial charge in [0.2, 0.25) is 0 Å². The van der Waals surface area contributed by atoms with Crippen LogP contribution in [0.1, 0.15) is 11.1 Å². The molecule has 2 heteroatoms. The highest BCUT2D eigenvalue weighted by atomic mass is 35.5. The van der Waals surface area contributed by atoms with Crippen LogP contribution in [0.15, 0.2) is 24.3 Å². The summed E-state index contributed by atoms with van der Waals surface area (Å²) in [5, 5.41) is 0. The number of hydrogen-bond donors (Lipinski definition) is 0. The number of alkyl halides is 1. The maximum Gasteiger partial charge on any atom is 0.0582 e. The number of hydrogen-bond acceptors (Lipinski definition) is 1. The predicted molar refractivity (Wildman–Crippen MR) is 53.6 cm³/mol. The zero-order valence-corrected chi connectivity index (χ0v) is 7.88. The van der Waals surface area contributed by atoms with E-state index in [4.69, 9.17) is 23.8 Å². The molecule has 58 valence electrons. The molecule has 0 unspecified atom stereocenters. The van der Waals surface area contributed by atoms with Crippen LogP contribution in [0, 0.1) is 6.92 Å². The molecule has 0 amide bonds. The smallest absolute Gasteiger partial charge is 0.0582 e. The van der Waals surface area contributed by atoms with Crippen LogP contribution < -0.4 is 0 Å². The molecule has 1 rings (SSSR count). The SMILES string of the molecule is Cc1ccc(C(=S)CCl)cc1. The molecule has 0 aliphatic heterocycles. The highest BCUT2D eigenvalue weighted by Gasteiger charge is 1.96. The normalized spacial score (nSPS) is 9.64. The van der Waals surface area contributed by atoms with Gasteiger partial charge in [0.05, 0.1) is 5.88 Å². The van der Waals surface area contributed by atoms with Gasteiger partial charge in [-0.1, -0.05) is 42.0 Å². The molecule has 0 N–H and O–H groups in total. The summed E-state index contributed by atoms with van der Waals surface area (Å²) < 4.78 is 0. The zero-order valence-electron chi connectivity index (χ0n) is 6.30. The molecule has 1 aromatic carbocycles. The van der Waals surface area contributed by atoms with Crippen LogP contribution in [0.5, 0.6) is 0 Å². The van der Waals surface area contributed by atoms with Crippen LogP contribution in [0.4, 0.5) is 0 Å². The van der Waals surface area contributed by atoms with Crippen LogP contribution in [-0.4, -0.2) is 10.7 Å². The molecule has 0 aromatic heterocycles. The van der Waals surface area contributed by atoms with Gasteiger partial charge in [-0.2, -0.15) is 0 Å². The van der Waals surface area contributed by atoms with Crippen molar-refractivity contribution in [2.24, 2.45) is 0 Å². The molecular formula is C9H9ClS. The quantitative estimate of drug-likeness (QED) is 0.387. The molecule has 0 bridgehead atoms. The number of benzene rings is 1. The Kier molecular flexibility index (Phi) is 3.03. The summed E-state index contributed by atoms with van der Waals surface area (Å²) in [5.74, 6) is 0.429. The van der Waals surface area contributed by atoms with E-state index < -0.39 is 0 Å². The lowest BCUT2D eigenvalue weighted by Gasteiger charge is -1.98. The number of aryl methyl sites for hydroxylation is 1. The third-order valence-corrected chi connectivity index (χ3v) is 2.30. The Hall–Kier alpha value is -0.400. The molecule has 0 atom stereocenters. The summed E-state index contributed by atoms with van der Waals surface area (Å²) >= 11 is 10.6. The fourth-order valence-corrected chi connectivity index (χ4v) is 1.11. The molecule has 0 aliphatic carbocycles. The van der Waals surface area contributed by atoms with Crippen molar-refractivity contribution in [3.05, 3.63) is 35.4 Å². The molecule has 0 saturated carbocycles. The summed E-state index contributed by atoms with van der Waals surface area (Å²) in [6.45, 7) is 2.05. The van der Waals surface area contributed by atoms with E-state index in [1.807, 2.05) is 31.2 Å². The molecule has 0 saturated heterocycles. The van der Waals surface area contributed by atoms with E-state index in [0.717, 1.165) is 10.4 Å². The average molecular weight is 185 g/mol. The van der Waals surface area contributed by atoms with Crippen molar-refractivity contribution >= 4 is 28.7 Å². The summed E-state index contributed by atoms with van der Waals surface area (Å²) in [7, 11) is 0. The maximum absolute atomic E-state index is 5.59. The average Bonchev–Trinajstić information content (AvgIpc) is 2.05. The first-order valence-electron chi connectivity index (χ1n) is 3.40. The Morgan fingerprint density at radius 1 is 1.36 bits per heavy atom. The van der Waals surface area contributed by atoms with E-state index in [9.17, 15) is 0 Å². The first-order valence-corrected chi connectivity index (χ1v) is 4.34. The molecule has 0 radical (unpaired) electrons. The summed E-state index contributed by atoms with van der Waals surface area (Å²) in [6, 6.07) is 8.07. The third kappa shape index (κ3) is 2.28. The van der Waals surface area contributed by atoms with Gasteiger partial charge in [-0.15, -0.1) is 11.6 Å². The van der Waals surface area contributed by atoms with Crippen LogP contribution in [0.2, 0.25) is 0 Å². The standard InChI is InChI=1S/C9H9ClS/c1-7-2-4-8(5-3-7)9(11)6-10/h2-5H,6H2,1H3. The van der Waals surface area contributed by atoms with E-state index in [0.29, 0.717) is 5.88 Å². The van der Waals surface area contributed by atoms with Gasteiger partial charge in [-0.25, -0.2) is 0 Å². The molecule has 0 aliphatic rings. The predicted octanol–water partition coefficient (Wildman–Crippen LogP) is 2.95. The van der Waals surface area contributed by atoms with Gasteiger partial charge in [0.1, 0.15) is 0 Å². The second kappa shape index (κ2) is 3.84. The van der Waals surface area contributed by atoms with Gasteiger partial charge >= 0.3 is 0 Å². The van der Waals surface area contributed by atoms with Crippen LogP contribution >= 0.6 is 23.8 Å². The van der Waals surface area contributed by atoms with E-state index in [1.165, 1.54) is 5.56 Å². The van der Waals surface area contributed by atoms with Gasteiger partial charge < -0.3 is 0 Å². The second-order valence-electron chi connectivity index (χ2n) is 2.42. The van der Waals surface area contributed by atoms with Crippen molar-refractivity contribution in [3.63, 3.8) is 0 Å². The highest BCUT2D eigenvalue weighted by Crippen LogP contribution is 2.05. The Bertz CT molecular complexity index is 251. The molecule has 11 heavy (non-hydrogen) atoms. The van der Waals surface area contributed by atoms with Gasteiger partial charge in [0, 0.05) is 4.86 Å². The van der Waals surface area contributed by atoms with Crippen molar-refractivity contribution in [1.29, 1.82) is 0 Å². The zero-order chi connectivity index (χ0) is 8.27. The van der Waals surface area contributed by atoms with Crippen molar-refractivity contribution in [2.45, 2.75) is 6.92 Å². The first kappa shape index (κ1) is 8.69. The lowest BCUT2D eigenvalue weighted by atomic mass is 10.1. The van der Waals surface area contributed by atoms with Crippen molar-refractivity contribution in [2.75, 3.05) is 5.88 Å². The minimum absolute atomic E-state index is 0.429. The highest BCUT2D eigenvalue weighted by molar-refractivity contribution is 7.81. The topological polar surface area (TPSA) is 0 Å². The number of halogens is 1. The van der Waals surface area contributed by atoms with Gasteiger partial charge in [0.15, 0.2) is 0 Å². The lowest BCUT2D eigenvalue weighted by Crippen LogP contribution is -1.97. The minimum Gasteiger partial charge on any atom is -0.121 e. The second-order valence-corrected chi connectivity index (χ2v) is 3.18. The minimum atomic E-state index is 0.429. The van der Waals surface area contributed by atoms with E-state index >= 15 is 0 Å². The molecule has 1 aromatic rings. The largest absolute Gasteiger partial charge is 0.121 e. The molecule has 0 nitrogen and oxygen atoms in total. The Morgan fingerprint density at radius 2 is 1.91 bits per heavy atom. The molecule has 0 fully saturated rings. The van der Waals surface area contributed by atoms with Crippen molar-refractivity contribution < 1.29 is 0 Å². The lowest BCUT2D eigenvalue weighted by molar-refractivity contribution is 1.46. The van der Waals surface area contributed by atoms with Gasteiger partial charge in [-0.3, -0.25) is 0 Å². The Morgan fingerprint density at radius 3 is 2.36 bits per heavy atom. The fraction of sp³-hybridized carbons (Fsp3) is 0.222. The number of rotatable bonds is 2. The Labute approximate surface area is 77.2 Å². The molecular weight excluding hydrogens is 176 g/mol. The van der Waals surface area contributed by atoms with Gasteiger partial charge in [-0.05, 0) is 12.5 Å². The molecule has 0 heterocycles. The third-order valence-electron chi connectivity index (χ3n) is 1.49. The fourth-order valence-electron chi connectivity index (χ4n) is 0.817. The maximum atomic E-state index is 5.59. The Balaban J connectivity index is 2.90. The summed E-state index contributed by atoms with van der Waals surface area (Å²) in [4.78, 5) is 0.812.